The third-order valence-electron chi connectivity index (χ3n) is 3.91. The number of benzene rings is 2. The van der Waals surface area contributed by atoms with Crippen LogP contribution in [0.15, 0.2) is 47.0 Å². The summed E-state index contributed by atoms with van der Waals surface area (Å²) in [6.45, 7) is 4.02. The van der Waals surface area contributed by atoms with Crippen molar-refractivity contribution < 1.29 is 9.32 Å². The summed E-state index contributed by atoms with van der Waals surface area (Å²) in [5.74, 6) is 1.73. The van der Waals surface area contributed by atoms with Gasteiger partial charge in [-0.3, -0.25) is 4.79 Å². The molecule has 26 heavy (non-hydrogen) atoms. The highest BCUT2D eigenvalue weighted by atomic mass is 35.5. The highest BCUT2D eigenvalue weighted by Crippen LogP contribution is 2.21. The molecule has 1 aromatic heterocycles. The summed E-state index contributed by atoms with van der Waals surface area (Å²) in [5, 5.41) is 7.55. The SMILES string of the molecule is Cc1cccc(NC(=O)CSCc2nc(-c3ccc(Cl)cc3)no2)c1C. The standard InChI is InChI=1S/C19H18ClN3O2S/c1-12-4-3-5-16(13(12)2)21-17(24)10-26-11-18-22-19(23-25-18)14-6-8-15(20)9-7-14/h3-9H,10-11H2,1-2H3,(H,21,24). The second-order valence-corrected chi connectivity index (χ2v) is 7.23. The number of hydrogen-bond donors (Lipinski definition) is 1. The van der Waals surface area contributed by atoms with Crippen LogP contribution >= 0.6 is 23.4 Å². The van der Waals surface area contributed by atoms with E-state index in [0.29, 0.717) is 28.2 Å². The highest BCUT2D eigenvalue weighted by molar-refractivity contribution is 7.99. The normalized spacial score (nSPS) is 10.7. The summed E-state index contributed by atoms with van der Waals surface area (Å²) >= 11 is 7.30. The minimum Gasteiger partial charge on any atom is -0.338 e. The molecule has 0 spiro atoms. The van der Waals surface area contributed by atoms with Gasteiger partial charge in [-0.15, -0.1) is 11.8 Å². The Bertz CT molecular complexity index is 909. The van der Waals surface area contributed by atoms with Gasteiger partial charge in [-0.1, -0.05) is 28.9 Å². The maximum atomic E-state index is 12.1. The average Bonchev–Trinajstić information content (AvgIpc) is 3.08. The molecule has 0 radical (unpaired) electrons. The van der Waals surface area contributed by atoms with Crippen LogP contribution in [0.1, 0.15) is 17.0 Å². The first-order chi connectivity index (χ1) is 12.5. The topological polar surface area (TPSA) is 68.0 Å². The molecule has 0 aliphatic heterocycles. The smallest absolute Gasteiger partial charge is 0.236 e. The highest BCUT2D eigenvalue weighted by Gasteiger charge is 2.11. The third kappa shape index (κ3) is 4.65. The van der Waals surface area contributed by atoms with E-state index < -0.39 is 0 Å². The van der Waals surface area contributed by atoms with E-state index in [1.54, 1.807) is 12.1 Å². The van der Waals surface area contributed by atoms with Gasteiger partial charge in [0.25, 0.3) is 0 Å². The summed E-state index contributed by atoms with van der Waals surface area (Å²) in [7, 11) is 0. The van der Waals surface area contributed by atoms with Gasteiger partial charge in [0.1, 0.15) is 0 Å². The minimum atomic E-state index is -0.0545. The van der Waals surface area contributed by atoms with Crippen LogP contribution < -0.4 is 5.32 Å². The summed E-state index contributed by atoms with van der Waals surface area (Å²) in [5.41, 5.74) is 3.91. The Morgan fingerprint density at radius 2 is 1.96 bits per heavy atom. The molecule has 0 fully saturated rings. The molecule has 134 valence electrons. The first-order valence-corrected chi connectivity index (χ1v) is 9.58. The molecule has 0 bridgehead atoms. The number of hydrogen-bond acceptors (Lipinski definition) is 5. The fraction of sp³-hybridized carbons (Fsp3) is 0.211. The van der Waals surface area contributed by atoms with Gasteiger partial charge in [-0.05, 0) is 55.3 Å². The van der Waals surface area contributed by atoms with Crippen LogP contribution in [0, 0.1) is 13.8 Å². The predicted octanol–water partition coefficient (Wildman–Crippen LogP) is 4.88. The minimum absolute atomic E-state index is 0.0545. The number of aromatic nitrogens is 2. The molecule has 2 aromatic carbocycles. The molecule has 0 saturated carbocycles. The van der Waals surface area contributed by atoms with E-state index in [-0.39, 0.29) is 5.91 Å². The van der Waals surface area contributed by atoms with Crippen molar-refractivity contribution in [3.05, 3.63) is 64.5 Å². The Kier molecular flexibility index (Phi) is 5.96. The van der Waals surface area contributed by atoms with E-state index in [4.69, 9.17) is 16.1 Å². The number of carbonyl (C=O) groups is 1. The van der Waals surface area contributed by atoms with Crippen LogP contribution in [0.5, 0.6) is 0 Å². The fourth-order valence-electron chi connectivity index (χ4n) is 2.33. The first-order valence-electron chi connectivity index (χ1n) is 8.05. The van der Waals surface area contributed by atoms with E-state index in [2.05, 4.69) is 15.5 Å². The van der Waals surface area contributed by atoms with Crippen molar-refractivity contribution in [2.24, 2.45) is 0 Å². The number of thioether (sulfide) groups is 1. The Hall–Kier alpha value is -2.31. The third-order valence-corrected chi connectivity index (χ3v) is 5.08. The van der Waals surface area contributed by atoms with Gasteiger partial charge < -0.3 is 9.84 Å². The molecule has 1 N–H and O–H groups in total. The molecule has 3 rings (SSSR count). The average molecular weight is 388 g/mol. The molecule has 7 heteroatoms. The van der Waals surface area contributed by atoms with Gasteiger partial charge >= 0.3 is 0 Å². The van der Waals surface area contributed by atoms with Crippen molar-refractivity contribution in [1.82, 2.24) is 10.1 Å². The summed E-state index contributed by atoms with van der Waals surface area (Å²) in [6.07, 6.45) is 0. The van der Waals surface area contributed by atoms with Crippen molar-refractivity contribution in [2.45, 2.75) is 19.6 Å². The molecule has 0 aliphatic rings. The van der Waals surface area contributed by atoms with Crippen molar-refractivity contribution in [2.75, 3.05) is 11.1 Å². The molecular formula is C19H18ClN3O2S. The molecule has 0 atom stereocenters. The molecule has 3 aromatic rings. The molecule has 1 amide bonds. The molecule has 0 unspecified atom stereocenters. The van der Waals surface area contributed by atoms with Crippen LogP contribution in [0.4, 0.5) is 5.69 Å². The second kappa shape index (κ2) is 8.38. The Labute approximate surface area is 161 Å². The van der Waals surface area contributed by atoms with E-state index in [9.17, 15) is 4.79 Å². The van der Waals surface area contributed by atoms with Gasteiger partial charge in [0.15, 0.2) is 0 Å². The zero-order valence-electron chi connectivity index (χ0n) is 14.5. The summed E-state index contributed by atoms with van der Waals surface area (Å²) in [6, 6.07) is 13.1. The fourth-order valence-corrected chi connectivity index (χ4v) is 3.11. The number of nitrogens with zero attached hydrogens (tertiary/aromatic N) is 2. The lowest BCUT2D eigenvalue weighted by Gasteiger charge is -2.09. The molecule has 0 saturated heterocycles. The summed E-state index contributed by atoms with van der Waals surface area (Å²) < 4.78 is 5.24. The monoisotopic (exact) mass is 387 g/mol. The number of anilines is 1. The van der Waals surface area contributed by atoms with Gasteiger partial charge in [0.2, 0.25) is 17.6 Å². The maximum Gasteiger partial charge on any atom is 0.236 e. The van der Waals surface area contributed by atoms with E-state index in [1.807, 2.05) is 44.2 Å². The van der Waals surface area contributed by atoms with Crippen LogP contribution in [0.3, 0.4) is 0 Å². The van der Waals surface area contributed by atoms with Crippen molar-refractivity contribution in [1.29, 1.82) is 0 Å². The largest absolute Gasteiger partial charge is 0.338 e. The van der Waals surface area contributed by atoms with Gasteiger partial charge in [-0.25, -0.2) is 0 Å². The quantitative estimate of drug-likeness (QED) is 0.652. The Morgan fingerprint density at radius 1 is 1.19 bits per heavy atom. The lowest BCUT2D eigenvalue weighted by molar-refractivity contribution is -0.113. The molecule has 1 heterocycles. The first kappa shape index (κ1) is 18.5. The number of halogens is 1. The number of aryl methyl sites for hydroxylation is 1. The van der Waals surface area contributed by atoms with Crippen LogP contribution in [0.2, 0.25) is 5.02 Å². The molecular weight excluding hydrogens is 370 g/mol. The van der Waals surface area contributed by atoms with Crippen LogP contribution in [-0.2, 0) is 10.5 Å². The van der Waals surface area contributed by atoms with Crippen LogP contribution in [-0.4, -0.2) is 21.8 Å². The zero-order chi connectivity index (χ0) is 18.5. The number of rotatable bonds is 6. The Morgan fingerprint density at radius 3 is 2.73 bits per heavy atom. The van der Waals surface area contributed by atoms with E-state index in [0.717, 1.165) is 22.4 Å². The summed E-state index contributed by atoms with van der Waals surface area (Å²) in [4.78, 5) is 16.5. The predicted molar refractivity (Wildman–Crippen MR) is 105 cm³/mol. The van der Waals surface area contributed by atoms with Gasteiger partial charge in [-0.2, -0.15) is 4.98 Å². The van der Waals surface area contributed by atoms with Crippen molar-refractivity contribution in [3.8, 4) is 11.4 Å². The number of amides is 1. The number of carbonyl (C=O) groups excluding carboxylic acids is 1. The lowest BCUT2D eigenvalue weighted by Crippen LogP contribution is -2.15. The molecule has 0 aliphatic carbocycles. The lowest BCUT2D eigenvalue weighted by atomic mass is 10.1. The Balaban J connectivity index is 1.51. The zero-order valence-corrected chi connectivity index (χ0v) is 16.0. The number of nitrogens with one attached hydrogen (secondary N) is 1. The maximum absolute atomic E-state index is 12.1. The van der Waals surface area contributed by atoms with E-state index >= 15 is 0 Å². The van der Waals surface area contributed by atoms with Crippen molar-refractivity contribution >= 4 is 35.0 Å². The van der Waals surface area contributed by atoms with Crippen molar-refractivity contribution in [3.63, 3.8) is 0 Å². The van der Waals surface area contributed by atoms with Crippen LogP contribution in [0.25, 0.3) is 11.4 Å². The van der Waals surface area contributed by atoms with E-state index in [1.165, 1.54) is 11.8 Å². The molecule has 5 nitrogen and oxygen atoms in total. The second-order valence-electron chi connectivity index (χ2n) is 5.81. The van der Waals surface area contributed by atoms with Gasteiger partial charge in [0.05, 0.1) is 11.5 Å². The van der Waals surface area contributed by atoms with Gasteiger partial charge in [0, 0.05) is 16.3 Å².